The largest absolute Gasteiger partial charge is 0.354 e. The molecule has 1 atom stereocenters. The Morgan fingerprint density at radius 1 is 1.23 bits per heavy atom. The quantitative estimate of drug-likeness (QED) is 0.778. The lowest BCUT2D eigenvalue weighted by Gasteiger charge is -2.26. The Morgan fingerprint density at radius 3 is 2.69 bits per heavy atom. The molecule has 1 fully saturated rings. The summed E-state index contributed by atoms with van der Waals surface area (Å²) >= 11 is 0. The summed E-state index contributed by atoms with van der Waals surface area (Å²) < 4.78 is 0. The standard InChI is InChI=1S/C18H23N5O3/c1-19-16(24)14-10-11-9-12(6-7-13(11)21-14)20-18(26)23-8-4-5-15(23)17(25)22(2)3/h6-7,9-10,15,21H,4-5,8H2,1-3H3,(H,19,24)(H,20,26)/t15-/m0/s1. The van der Waals surface area contributed by atoms with E-state index in [9.17, 15) is 14.4 Å². The van der Waals surface area contributed by atoms with Crippen molar-refractivity contribution in [3.8, 4) is 0 Å². The molecule has 1 aromatic carbocycles. The summed E-state index contributed by atoms with van der Waals surface area (Å²) in [6.07, 6.45) is 1.49. The van der Waals surface area contributed by atoms with Crippen LogP contribution in [0.4, 0.5) is 10.5 Å². The van der Waals surface area contributed by atoms with E-state index < -0.39 is 6.04 Å². The van der Waals surface area contributed by atoms with Crippen LogP contribution >= 0.6 is 0 Å². The number of nitrogens with one attached hydrogen (secondary N) is 3. The Hall–Kier alpha value is -3.03. The van der Waals surface area contributed by atoms with Crippen LogP contribution in [0.2, 0.25) is 0 Å². The van der Waals surface area contributed by atoms with Gasteiger partial charge in [-0.3, -0.25) is 9.59 Å². The number of amides is 4. The molecule has 138 valence electrons. The number of nitrogens with zero attached hydrogens (tertiary/aromatic N) is 2. The lowest BCUT2D eigenvalue weighted by molar-refractivity contribution is -0.132. The number of aromatic amines is 1. The second-order valence-corrected chi connectivity index (χ2v) is 6.58. The van der Waals surface area contributed by atoms with Gasteiger partial charge in [-0.15, -0.1) is 0 Å². The van der Waals surface area contributed by atoms with Gasteiger partial charge in [-0.25, -0.2) is 4.79 Å². The fourth-order valence-corrected chi connectivity index (χ4v) is 3.23. The molecule has 4 amide bonds. The highest BCUT2D eigenvalue weighted by atomic mass is 16.2. The Balaban J connectivity index is 1.76. The van der Waals surface area contributed by atoms with Gasteiger partial charge in [-0.2, -0.15) is 0 Å². The van der Waals surface area contributed by atoms with Crippen LogP contribution in [0.15, 0.2) is 24.3 Å². The number of likely N-dealkylation sites (tertiary alicyclic amines) is 1. The summed E-state index contributed by atoms with van der Waals surface area (Å²) in [5, 5.41) is 6.25. The maximum Gasteiger partial charge on any atom is 0.322 e. The highest BCUT2D eigenvalue weighted by Gasteiger charge is 2.34. The molecule has 26 heavy (non-hydrogen) atoms. The molecule has 3 rings (SSSR count). The van der Waals surface area contributed by atoms with Crippen molar-refractivity contribution in [2.24, 2.45) is 0 Å². The summed E-state index contributed by atoms with van der Waals surface area (Å²) in [6.45, 7) is 0.559. The zero-order valence-electron chi connectivity index (χ0n) is 15.1. The molecule has 0 radical (unpaired) electrons. The van der Waals surface area contributed by atoms with Gasteiger partial charge < -0.3 is 25.4 Å². The number of likely N-dealkylation sites (N-methyl/N-ethyl adjacent to an activating group) is 1. The van der Waals surface area contributed by atoms with Crippen LogP contribution in [0.25, 0.3) is 10.9 Å². The number of H-pyrrole nitrogens is 1. The lowest BCUT2D eigenvalue weighted by Crippen LogP contribution is -2.47. The minimum atomic E-state index is -0.416. The fourth-order valence-electron chi connectivity index (χ4n) is 3.23. The van der Waals surface area contributed by atoms with Crippen LogP contribution in [0.3, 0.4) is 0 Å². The van der Waals surface area contributed by atoms with Crippen LogP contribution in [0.1, 0.15) is 23.3 Å². The molecular weight excluding hydrogens is 334 g/mol. The Kier molecular flexibility index (Phi) is 4.83. The molecule has 0 unspecified atom stereocenters. The van der Waals surface area contributed by atoms with Gasteiger partial charge in [-0.1, -0.05) is 0 Å². The molecule has 8 heteroatoms. The SMILES string of the molecule is CNC(=O)c1cc2cc(NC(=O)N3CCC[C@H]3C(=O)N(C)C)ccc2[nH]1. The minimum absolute atomic E-state index is 0.0612. The van der Waals surface area contributed by atoms with Crippen molar-refractivity contribution in [2.45, 2.75) is 18.9 Å². The molecule has 1 saturated heterocycles. The van der Waals surface area contributed by atoms with Gasteiger partial charge in [0, 0.05) is 44.3 Å². The first-order chi connectivity index (χ1) is 12.4. The highest BCUT2D eigenvalue weighted by Crippen LogP contribution is 2.23. The Morgan fingerprint density at radius 2 is 2.00 bits per heavy atom. The third-order valence-electron chi connectivity index (χ3n) is 4.58. The van der Waals surface area contributed by atoms with Crippen molar-refractivity contribution in [3.05, 3.63) is 30.0 Å². The zero-order chi connectivity index (χ0) is 18.8. The molecule has 0 bridgehead atoms. The molecule has 0 spiro atoms. The van der Waals surface area contributed by atoms with Crippen molar-refractivity contribution in [1.82, 2.24) is 20.1 Å². The molecular formula is C18H23N5O3. The summed E-state index contributed by atoms with van der Waals surface area (Å²) in [5.74, 6) is -0.261. The van der Waals surface area contributed by atoms with Crippen LogP contribution in [0, 0.1) is 0 Å². The maximum atomic E-state index is 12.6. The number of urea groups is 1. The van der Waals surface area contributed by atoms with E-state index in [0.29, 0.717) is 24.3 Å². The first-order valence-electron chi connectivity index (χ1n) is 8.54. The summed E-state index contributed by atoms with van der Waals surface area (Å²) in [6, 6.07) is 6.41. The monoisotopic (exact) mass is 357 g/mol. The third-order valence-corrected chi connectivity index (χ3v) is 4.58. The topological polar surface area (TPSA) is 97.5 Å². The van der Waals surface area contributed by atoms with E-state index in [0.717, 1.165) is 17.3 Å². The summed E-state index contributed by atoms with van der Waals surface area (Å²) in [5.41, 5.74) is 1.89. The van der Waals surface area contributed by atoms with E-state index in [-0.39, 0.29) is 17.8 Å². The second kappa shape index (κ2) is 7.07. The van der Waals surface area contributed by atoms with E-state index in [2.05, 4.69) is 15.6 Å². The number of fused-ring (bicyclic) bond motifs is 1. The zero-order valence-corrected chi connectivity index (χ0v) is 15.1. The molecule has 1 aliphatic rings. The Bertz CT molecular complexity index is 858. The van der Waals surface area contributed by atoms with Gasteiger partial charge in [0.25, 0.3) is 5.91 Å². The average molecular weight is 357 g/mol. The van der Waals surface area contributed by atoms with Gasteiger partial charge in [0.1, 0.15) is 11.7 Å². The van der Waals surface area contributed by atoms with Gasteiger partial charge in [-0.05, 0) is 37.1 Å². The fraction of sp³-hybridized carbons (Fsp3) is 0.389. The van der Waals surface area contributed by atoms with Gasteiger partial charge in [0.05, 0.1) is 0 Å². The highest BCUT2D eigenvalue weighted by molar-refractivity contribution is 6.00. The first kappa shape index (κ1) is 17.8. The van der Waals surface area contributed by atoms with Crippen molar-refractivity contribution < 1.29 is 14.4 Å². The smallest absolute Gasteiger partial charge is 0.322 e. The minimum Gasteiger partial charge on any atom is -0.354 e. The predicted octanol–water partition coefficient (Wildman–Crippen LogP) is 1.61. The predicted molar refractivity (Wildman–Crippen MR) is 99.1 cm³/mol. The first-order valence-corrected chi connectivity index (χ1v) is 8.54. The van der Waals surface area contributed by atoms with Gasteiger partial charge in [0.15, 0.2) is 0 Å². The van der Waals surface area contributed by atoms with Crippen LogP contribution in [0.5, 0.6) is 0 Å². The van der Waals surface area contributed by atoms with E-state index in [1.807, 2.05) is 6.07 Å². The molecule has 2 aromatic rings. The van der Waals surface area contributed by atoms with Gasteiger partial charge >= 0.3 is 6.03 Å². The maximum absolute atomic E-state index is 12.6. The summed E-state index contributed by atoms with van der Waals surface area (Å²) in [7, 11) is 4.96. The van der Waals surface area contributed by atoms with Crippen LogP contribution < -0.4 is 10.6 Å². The summed E-state index contributed by atoms with van der Waals surface area (Å²) in [4.78, 5) is 42.7. The van der Waals surface area contributed by atoms with Crippen molar-refractivity contribution in [3.63, 3.8) is 0 Å². The number of hydrogen-bond donors (Lipinski definition) is 3. The lowest BCUT2D eigenvalue weighted by atomic mass is 10.2. The molecule has 0 saturated carbocycles. The van der Waals surface area contributed by atoms with Gasteiger partial charge in [0.2, 0.25) is 5.91 Å². The third kappa shape index (κ3) is 3.35. The molecule has 8 nitrogen and oxygen atoms in total. The number of anilines is 1. The van der Waals surface area contributed by atoms with E-state index in [4.69, 9.17) is 0 Å². The number of benzene rings is 1. The van der Waals surface area contributed by atoms with Crippen LogP contribution in [-0.4, -0.2) is 66.4 Å². The number of hydrogen-bond acceptors (Lipinski definition) is 3. The van der Waals surface area contributed by atoms with Crippen molar-refractivity contribution >= 4 is 34.4 Å². The molecule has 0 aliphatic carbocycles. The van der Waals surface area contributed by atoms with E-state index in [1.54, 1.807) is 44.2 Å². The number of carbonyl (C=O) groups is 3. The molecule has 2 heterocycles. The normalized spacial score (nSPS) is 16.6. The number of aromatic nitrogens is 1. The molecule has 1 aromatic heterocycles. The molecule has 1 aliphatic heterocycles. The Labute approximate surface area is 151 Å². The van der Waals surface area contributed by atoms with Crippen molar-refractivity contribution in [1.29, 1.82) is 0 Å². The number of carbonyl (C=O) groups excluding carboxylic acids is 3. The van der Waals surface area contributed by atoms with E-state index >= 15 is 0 Å². The molecule has 3 N–H and O–H groups in total. The van der Waals surface area contributed by atoms with Crippen LogP contribution in [-0.2, 0) is 4.79 Å². The number of rotatable bonds is 3. The second-order valence-electron chi connectivity index (χ2n) is 6.58. The van der Waals surface area contributed by atoms with Crippen molar-refractivity contribution in [2.75, 3.05) is 33.0 Å². The van der Waals surface area contributed by atoms with E-state index in [1.165, 1.54) is 4.90 Å². The average Bonchev–Trinajstić information content (AvgIpc) is 3.26.